The molecule has 1 aliphatic heterocycles. The molecule has 8 heteroatoms. The molecule has 7 nitrogen and oxygen atoms in total. The van der Waals surface area contributed by atoms with Crippen LogP contribution >= 0.6 is 11.3 Å². The maximum Gasteiger partial charge on any atom is 0.316 e. The second kappa shape index (κ2) is 6.69. The number of carboxylic acid groups (broad SMARTS) is 1. The van der Waals surface area contributed by atoms with E-state index in [4.69, 9.17) is 9.84 Å². The van der Waals surface area contributed by atoms with Crippen molar-refractivity contribution < 1.29 is 14.6 Å². The van der Waals surface area contributed by atoms with E-state index in [2.05, 4.69) is 19.9 Å². The summed E-state index contributed by atoms with van der Waals surface area (Å²) in [6.45, 7) is 1.66. The average molecular weight is 320 g/mol. The van der Waals surface area contributed by atoms with E-state index < -0.39 is 5.97 Å². The Labute approximate surface area is 131 Å². The quantitative estimate of drug-likeness (QED) is 0.895. The topological polar surface area (TPSA) is 88.4 Å². The van der Waals surface area contributed by atoms with Crippen LogP contribution in [0.3, 0.4) is 0 Å². The van der Waals surface area contributed by atoms with Crippen molar-refractivity contribution in [1.29, 1.82) is 0 Å². The first-order chi connectivity index (χ1) is 10.7. The molecule has 22 heavy (non-hydrogen) atoms. The van der Waals surface area contributed by atoms with Crippen LogP contribution in [0.5, 0.6) is 6.01 Å². The van der Waals surface area contributed by atoms with Gasteiger partial charge in [-0.3, -0.25) is 4.79 Å². The molecule has 3 heterocycles. The molecule has 0 spiro atoms. The Morgan fingerprint density at radius 1 is 1.36 bits per heavy atom. The predicted octanol–water partition coefficient (Wildman–Crippen LogP) is 1.61. The number of aromatic nitrogens is 3. The van der Waals surface area contributed by atoms with Gasteiger partial charge in [-0.2, -0.15) is 0 Å². The zero-order valence-electron chi connectivity index (χ0n) is 11.9. The lowest BCUT2D eigenvalue weighted by molar-refractivity contribution is -0.136. The Kier molecular flexibility index (Phi) is 4.47. The van der Waals surface area contributed by atoms with E-state index in [0.29, 0.717) is 11.7 Å². The molecule has 0 bridgehead atoms. The van der Waals surface area contributed by atoms with E-state index in [1.807, 2.05) is 5.38 Å². The highest BCUT2D eigenvalue weighted by atomic mass is 32.1. The monoisotopic (exact) mass is 320 g/mol. The van der Waals surface area contributed by atoms with Crippen molar-refractivity contribution in [2.24, 2.45) is 0 Å². The van der Waals surface area contributed by atoms with E-state index >= 15 is 0 Å². The third-order valence-corrected chi connectivity index (χ3v) is 4.35. The zero-order chi connectivity index (χ0) is 15.4. The highest BCUT2D eigenvalue weighted by Crippen LogP contribution is 2.25. The largest absolute Gasteiger partial charge is 0.481 e. The fraction of sp³-hybridized carbons (Fsp3) is 0.429. The SMILES string of the molecule is O=C(O)Cc1csc(N2CCC(Oc3ncccn3)CC2)n1. The van der Waals surface area contributed by atoms with Gasteiger partial charge in [0.15, 0.2) is 5.13 Å². The minimum absolute atomic E-state index is 0.0264. The maximum atomic E-state index is 10.7. The molecule has 3 rings (SSSR count). The summed E-state index contributed by atoms with van der Waals surface area (Å²) in [6.07, 6.45) is 5.14. The standard InChI is InChI=1S/C14H16N4O3S/c19-12(20)8-10-9-22-14(17-10)18-6-2-11(3-7-18)21-13-15-4-1-5-16-13/h1,4-5,9,11H,2-3,6-8H2,(H,19,20). The number of rotatable bonds is 5. The van der Waals surface area contributed by atoms with Gasteiger partial charge in [0.2, 0.25) is 0 Å². The first-order valence-electron chi connectivity index (χ1n) is 7.05. The van der Waals surface area contributed by atoms with Crippen molar-refractivity contribution in [3.05, 3.63) is 29.5 Å². The first-order valence-corrected chi connectivity index (χ1v) is 7.93. The van der Waals surface area contributed by atoms with Crippen LogP contribution in [-0.4, -0.2) is 45.2 Å². The van der Waals surface area contributed by atoms with E-state index in [1.54, 1.807) is 18.5 Å². The number of hydrogen-bond acceptors (Lipinski definition) is 7. The number of carbonyl (C=O) groups is 1. The number of piperidine rings is 1. The molecule has 0 unspecified atom stereocenters. The Hall–Kier alpha value is -2.22. The van der Waals surface area contributed by atoms with Crippen molar-refractivity contribution in [2.75, 3.05) is 18.0 Å². The van der Waals surface area contributed by atoms with E-state index in [1.165, 1.54) is 11.3 Å². The van der Waals surface area contributed by atoms with Crippen LogP contribution in [0.2, 0.25) is 0 Å². The summed E-state index contributed by atoms with van der Waals surface area (Å²) < 4.78 is 5.75. The number of nitrogens with zero attached hydrogens (tertiary/aromatic N) is 4. The Morgan fingerprint density at radius 2 is 2.09 bits per heavy atom. The first kappa shape index (κ1) is 14.7. The lowest BCUT2D eigenvalue weighted by Gasteiger charge is -2.31. The van der Waals surface area contributed by atoms with Crippen LogP contribution in [0.1, 0.15) is 18.5 Å². The number of carboxylic acids is 1. The van der Waals surface area contributed by atoms with E-state index in [9.17, 15) is 4.79 Å². The molecule has 0 saturated carbocycles. The normalized spacial score (nSPS) is 15.7. The van der Waals surface area contributed by atoms with Crippen LogP contribution in [0.4, 0.5) is 5.13 Å². The summed E-state index contributed by atoms with van der Waals surface area (Å²) in [6, 6.07) is 2.17. The van der Waals surface area contributed by atoms with Gasteiger partial charge < -0.3 is 14.7 Å². The number of ether oxygens (including phenoxy) is 1. The number of hydrogen-bond donors (Lipinski definition) is 1. The van der Waals surface area contributed by atoms with E-state index in [0.717, 1.165) is 31.1 Å². The van der Waals surface area contributed by atoms with Crippen LogP contribution < -0.4 is 9.64 Å². The van der Waals surface area contributed by atoms with Gasteiger partial charge in [-0.1, -0.05) is 0 Å². The average Bonchev–Trinajstić information content (AvgIpc) is 2.97. The third-order valence-electron chi connectivity index (χ3n) is 3.40. The van der Waals surface area contributed by atoms with Crippen LogP contribution in [-0.2, 0) is 11.2 Å². The summed E-state index contributed by atoms with van der Waals surface area (Å²) >= 11 is 1.49. The third kappa shape index (κ3) is 3.70. The predicted molar refractivity (Wildman–Crippen MR) is 81.3 cm³/mol. The summed E-state index contributed by atoms with van der Waals surface area (Å²) in [5.41, 5.74) is 0.614. The summed E-state index contributed by atoms with van der Waals surface area (Å²) in [7, 11) is 0. The van der Waals surface area contributed by atoms with Crippen molar-refractivity contribution in [3.8, 4) is 6.01 Å². The van der Waals surface area contributed by atoms with Crippen LogP contribution in [0.15, 0.2) is 23.8 Å². The summed E-state index contributed by atoms with van der Waals surface area (Å²) in [5.74, 6) is -0.855. The molecule has 0 aliphatic carbocycles. The fourth-order valence-corrected chi connectivity index (χ4v) is 3.22. The van der Waals surface area contributed by atoms with Gasteiger partial charge in [0.1, 0.15) is 6.10 Å². The smallest absolute Gasteiger partial charge is 0.316 e. The molecular formula is C14H16N4O3S. The van der Waals surface area contributed by atoms with Crippen molar-refractivity contribution in [1.82, 2.24) is 15.0 Å². The number of anilines is 1. The molecule has 116 valence electrons. The lowest BCUT2D eigenvalue weighted by atomic mass is 10.1. The van der Waals surface area contributed by atoms with Gasteiger partial charge >= 0.3 is 12.0 Å². The fourth-order valence-electron chi connectivity index (χ4n) is 2.34. The van der Waals surface area contributed by atoms with Crippen molar-refractivity contribution in [3.63, 3.8) is 0 Å². The second-order valence-electron chi connectivity index (χ2n) is 5.03. The Balaban J connectivity index is 1.53. The molecule has 1 N–H and O–H groups in total. The van der Waals surface area contributed by atoms with Gasteiger partial charge in [0.25, 0.3) is 0 Å². The van der Waals surface area contributed by atoms with Crippen LogP contribution in [0.25, 0.3) is 0 Å². The second-order valence-corrected chi connectivity index (χ2v) is 5.86. The minimum atomic E-state index is -0.855. The molecule has 1 aliphatic rings. The number of aliphatic carboxylic acids is 1. The molecule has 1 saturated heterocycles. The van der Waals surface area contributed by atoms with Gasteiger partial charge in [-0.25, -0.2) is 15.0 Å². The lowest BCUT2D eigenvalue weighted by Crippen LogP contribution is -2.38. The highest BCUT2D eigenvalue weighted by molar-refractivity contribution is 7.13. The van der Waals surface area contributed by atoms with Crippen molar-refractivity contribution in [2.45, 2.75) is 25.4 Å². The molecule has 2 aromatic rings. The van der Waals surface area contributed by atoms with E-state index in [-0.39, 0.29) is 12.5 Å². The Morgan fingerprint density at radius 3 is 2.77 bits per heavy atom. The van der Waals surface area contributed by atoms with Gasteiger partial charge in [0.05, 0.1) is 12.1 Å². The molecular weight excluding hydrogens is 304 g/mol. The zero-order valence-corrected chi connectivity index (χ0v) is 12.7. The van der Waals surface area contributed by atoms with Gasteiger partial charge in [-0.05, 0) is 6.07 Å². The van der Waals surface area contributed by atoms with Gasteiger partial charge in [-0.15, -0.1) is 11.3 Å². The van der Waals surface area contributed by atoms with Crippen molar-refractivity contribution >= 4 is 22.4 Å². The molecule has 1 fully saturated rings. The summed E-state index contributed by atoms with van der Waals surface area (Å²) in [5, 5.41) is 11.5. The maximum absolute atomic E-state index is 10.7. The molecule has 0 amide bonds. The molecule has 0 radical (unpaired) electrons. The molecule has 0 aromatic carbocycles. The minimum Gasteiger partial charge on any atom is -0.481 e. The highest BCUT2D eigenvalue weighted by Gasteiger charge is 2.23. The molecule has 0 atom stereocenters. The Bertz CT molecular complexity index is 626. The summed E-state index contributed by atoms with van der Waals surface area (Å²) in [4.78, 5) is 25.4. The number of thiazole rings is 1. The van der Waals surface area contributed by atoms with Gasteiger partial charge in [0, 0.05) is 43.7 Å². The van der Waals surface area contributed by atoms with Crippen LogP contribution in [0, 0.1) is 0 Å². The molecule has 2 aromatic heterocycles.